The Bertz CT molecular complexity index is 834. The van der Waals surface area contributed by atoms with Crippen LogP contribution in [0, 0.1) is 0 Å². The molecular formula is C15H18N4O5S. The minimum Gasteiger partial charge on any atom is -0.350 e. The molecule has 1 aromatic carbocycles. The number of imide groups is 1. The zero-order chi connectivity index (χ0) is 18.6. The molecule has 9 nitrogen and oxygen atoms in total. The van der Waals surface area contributed by atoms with Crippen molar-refractivity contribution in [2.45, 2.75) is 31.6 Å². The van der Waals surface area contributed by atoms with Gasteiger partial charge in [0.1, 0.15) is 0 Å². The van der Waals surface area contributed by atoms with Crippen molar-refractivity contribution in [3.05, 3.63) is 29.8 Å². The van der Waals surface area contributed by atoms with Crippen molar-refractivity contribution in [1.82, 2.24) is 10.6 Å². The second-order valence-electron chi connectivity index (χ2n) is 5.47. The summed E-state index contributed by atoms with van der Waals surface area (Å²) in [5.74, 6) is -1.45. The summed E-state index contributed by atoms with van der Waals surface area (Å²) in [6, 6.07) is 5.01. The molecule has 1 aliphatic heterocycles. The fraction of sp³-hybridized carbons (Fsp3) is 0.333. The van der Waals surface area contributed by atoms with Crippen LogP contribution < -0.4 is 15.4 Å². The van der Waals surface area contributed by atoms with Crippen LogP contribution >= 0.6 is 0 Å². The molecule has 1 heterocycles. The van der Waals surface area contributed by atoms with Crippen LogP contribution in [0.25, 0.3) is 0 Å². The van der Waals surface area contributed by atoms with E-state index in [4.69, 9.17) is 0 Å². The van der Waals surface area contributed by atoms with Crippen molar-refractivity contribution in [1.29, 1.82) is 0 Å². The predicted octanol–water partition coefficient (Wildman–Crippen LogP) is 0.646. The van der Waals surface area contributed by atoms with Crippen LogP contribution in [0.1, 0.15) is 30.6 Å². The summed E-state index contributed by atoms with van der Waals surface area (Å²) < 4.78 is 27.1. The van der Waals surface area contributed by atoms with Crippen molar-refractivity contribution in [2.75, 3.05) is 4.72 Å². The highest BCUT2D eigenvalue weighted by Crippen LogP contribution is 2.19. The minimum absolute atomic E-state index is 0.0291. The molecule has 0 fully saturated rings. The number of carbonyl (C=O) groups excluding carboxylic acids is 3. The third kappa shape index (κ3) is 4.41. The van der Waals surface area contributed by atoms with Gasteiger partial charge in [0.25, 0.3) is 11.8 Å². The number of benzene rings is 1. The second-order valence-corrected chi connectivity index (χ2v) is 7.27. The number of sulfonamides is 1. The first-order valence-electron chi connectivity index (χ1n) is 7.55. The number of aliphatic imine (C=N–C) groups is 1. The summed E-state index contributed by atoms with van der Waals surface area (Å²) in [5.41, 5.74) is 0.150. The summed E-state index contributed by atoms with van der Waals surface area (Å²) in [6.07, 6.45) is 1.47. The van der Waals surface area contributed by atoms with Gasteiger partial charge in [0.2, 0.25) is 10.0 Å². The lowest BCUT2D eigenvalue weighted by atomic mass is 10.1. The number of urea groups is 1. The largest absolute Gasteiger partial charge is 0.350 e. The van der Waals surface area contributed by atoms with Crippen molar-refractivity contribution in [3.63, 3.8) is 0 Å². The molecule has 0 bridgehead atoms. The van der Waals surface area contributed by atoms with Gasteiger partial charge in [-0.3, -0.25) is 19.6 Å². The van der Waals surface area contributed by atoms with Gasteiger partial charge in [-0.05, 0) is 25.5 Å². The molecule has 0 spiro atoms. The van der Waals surface area contributed by atoms with Gasteiger partial charge in [-0.2, -0.15) is 0 Å². The molecule has 0 aliphatic carbocycles. The van der Waals surface area contributed by atoms with E-state index < -0.39 is 33.1 Å². The van der Waals surface area contributed by atoms with Crippen molar-refractivity contribution >= 4 is 39.8 Å². The number of hydrogen-bond acceptors (Lipinski definition) is 5. The number of amides is 4. The van der Waals surface area contributed by atoms with Crippen LogP contribution in [0.15, 0.2) is 29.3 Å². The quantitative estimate of drug-likeness (QED) is 0.679. The molecule has 10 heteroatoms. The molecule has 0 radical (unpaired) electrons. The van der Waals surface area contributed by atoms with Crippen LogP contribution in [0.3, 0.4) is 0 Å². The summed E-state index contributed by atoms with van der Waals surface area (Å²) >= 11 is 0. The van der Waals surface area contributed by atoms with Crippen molar-refractivity contribution in [2.24, 2.45) is 4.99 Å². The number of rotatable bonds is 6. The molecule has 0 aromatic heterocycles. The normalized spacial score (nSPS) is 18.4. The van der Waals surface area contributed by atoms with Gasteiger partial charge in [0.05, 0.1) is 11.3 Å². The first kappa shape index (κ1) is 18.6. The number of nitrogens with one attached hydrogen (secondary N) is 3. The number of hydrogen-bond donors (Lipinski definition) is 3. The Morgan fingerprint density at radius 3 is 2.64 bits per heavy atom. The lowest BCUT2D eigenvalue weighted by Crippen LogP contribution is -2.48. The van der Waals surface area contributed by atoms with E-state index in [0.717, 1.165) is 6.21 Å². The number of carbonyl (C=O) groups is 3. The Labute approximate surface area is 145 Å². The van der Waals surface area contributed by atoms with Crippen LogP contribution in [-0.4, -0.2) is 43.8 Å². The molecule has 3 N–H and O–H groups in total. The Morgan fingerprint density at radius 2 is 2.00 bits per heavy atom. The summed E-state index contributed by atoms with van der Waals surface area (Å²) in [5, 5.41) is 2.89. The highest BCUT2D eigenvalue weighted by Gasteiger charge is 2.35. The smallest absolute Gasteiger partial charge is 0.347 e. The van der Waals surface area contributed by atoms with Crippen LogP contribution in [0.5, 0.6) is 0 Å². The fourth-order valence-corrected chi connectivity index (χ4v) is 3.20. The maximum absolute atomic E-state index is 12.4. The van der Waals surface area contributed by atoms with Crippen molar-refractivity contribution in [3.8, 4) is 0 Å². The molecular weight excluding hydrogens is 348 g/mol. The molecule has 134 valence electrons. The average molecular weight is 366 g/mol. The summed E-state index contributed by atoms with van der Waals surface area (Å²) in [4.78, 5) is 38.3. The topological polar surface area (TPSA) is 134 Å². The Balaban J connectivity index is 2.28. The number of anilines is 1. The third-order valence-corrected chi connectivity index (χ3v) is 5.07. The molecule has 2 atom stereocenters. The molecule has 0 saturated heterocycles. The SMILES string of the molecule is CCC(C)NC(=O)c1ccccc1NS(=O)(=O)C1C=NC(=O)NC1=O. The molecule has 4 amide bonds. The number of nitrogens with zero attached hydrogens (tertiary/aromatic N) is 1. The minimum atomic E-state index is -4.24. The summed E-state index contributed by atoms with van der Waals surface area (Å²) in [7, 11) is -4.24. The van der Waals surface area contributed by atoms with Crippen LogP contribution in [0.2, 0.25) is 0 Å². The van der Waals surface area contributed by atoms with Gasteiger partial charge in [-0.25, -0.2) is 18.2 Å². The van der Waals surface area contributed by atoms with E-state index in [2.05, 4.69) is 15.0 Å². The van der Waals surface area contributed by atoms with Gasteiger partial charge in [-0.1, -0.05) is 19.1 Å². The van der Waals surface area contributed by atoms with Crippen LogP contribution in [0.4, 0.5) is 10.5 Å². The Morgan fingerprint density at radius 1 is 1.32 bits per heavy atom. The zero-order valence-corrected chi connectivity index (χ0v) is 14.5. The molecule has 2 unspecified atom stereocenters. The molecule has 1 aliphatic rings. The van der Waals surface area contributed by atoms with Crippen LogP contribution in [-0.2, 0) is 14.8 Å². The van der Waals surface area contributed by atoms with E-state index in [1.165, 1.54) is 12.1 Å². The van der Waals surface area contributed by atoms with Gasteiger partial charge < -0.3 is 5.32 Å². The van der Waals surface area contributed by atoms with E-state index in [0.29, 0.717) is 6.42 Å². The van der Waals surface area contributed by atoms with E-state index in [-0.39, 0.29) is 17.3 Å². The first-order chi connectivity index (χ1) is 11.7. The van der Waals surface area contributed by atoms with E-state index in [1.54, 1.807) is 12.1 Å². The lowest BCUT2D eigenvalue weighted by molar-refractivity contribution is -0.118. The zero-order valence-electron chi connectivity index (χ0n) is 13.6. The number of para-hydroxylation sites is 1. The molecule has 0 saturated carbocycles. The van der Waals surface area contributed by atoms with Gasteiger partial charge in [0.15, 0.2) is 5.25 Å². The average Bonchev–Trinajstić information content (AvgIpc) is 2.54. The van der Waals surface area contributed by atoms with E-state index >= 15 is 0 Å². The standard InChI is InChI=1S/C15H18N4O5S/c1-3-9(2)17-13(20)10-6-4-5-7-11(10)19-25(23,24)12-8-16-15(22)18-14(12)21/h4-9,12,19H,3H2,1-2H3,(H,17,20)(H,18,21,22). The highest BCUT2D eigenvalue weighted by molar-refractivity contribution is 7.94. The summed E-state index contributed by atoms with van der Waals surface area (Å²) in [6.45, 7) is 3.73. The third-order valence-electron chi connectivity index (χ3n) is 3.56. The maximum atomic E-state index is 12.4. The second kappa shape index (κ2) is 7.43. The van der Waals surface area contributed by atoms with Gasteiger partial charge in [0, 0.05) is 12.3 Å². The van der Waals surface area contributed by atoms with Crippen molar-refractivity contribution < 1.29 is 22.8 Å². The molecule has 1 aromatic rings. The lowest BCUT2D eigenvalue weighted by Gasteiger charge is -2.19. The van der Waals surface area contributed by atoms with E-state index in [9.17, 15) is 22.8 Å². The molecule has 25 heavy (non-hydrogen) atoms. The predicted molar refractivity (Wildman–Crippen MR) is 92.0 cm³/mol. The fourth-order valence-electron chi connectivity index (χ4n) is 2.02. The maximum Gasteiger partial charge on any atom is 0.347 e. The van der Waals surface area contributed by atoms with Gasteiger partial charge >= 0.3 is 6.03 Å². The highest BCUT2D eigenvalue weighted by atomic mass is 32.2. The Kier molecular flexibility index (Phi) is 5.52. The molecule has 2 rings (SSSR count). The van der Waals surface area contributed by atoms with Gasteiger partial charge in [-0.15, -0.1) is 0 Å². The van der Waals surface area contributed by atoms with E-state index in [1.807, 2.05) is 19.2 Å². The monoisotopic (exact) mass is 366 g/mol. The first-order valence-corrected chi connectivity index (χ1v) is 9.09. The Hall–Kier alpha value is -2.75.